The van der Waals surface area contributed by atoms with Gasteiger partial charge >= 0.3 is 0 Å². The molecule has 0 saturated heterocycles. The number of hydrogen-bond donors (Lipinski definition) is 2. The molecule has 118 valence electrons. The summed E-state index contributed by atoms with van der Waals surface area (Å²) in [5, 5.41) is 19.2. The number of halogens is 1. The number of rotatable bonds is 7. The number of phenols is 1. The first-order valence-corrected chi connectivity index (χ1v) is 7.43. The Morgan fingerprint density at radius 3 is 2.50 bits per heavy atom. The monoisotopic (exact) mass is 303 g/mol. The minimum absolute atomic E-state index is 0.0936. The maximum atomic E-state index is 13.4. The highest BCUT2D eigenvalue weighted by Gasteiger charge is 2.13. The molecule has 2 N–H and O–H groups in total. The van der Waals surface area contributed by atoms with Crippen LogP contribution in [-0.4, -0.2) is 28.3 Å². The average molecular weight is 303 g/mol. The van der Waals surface area contributed by atoms with Crippen LogP contribution in [0.4, 0.5) is 4.39 Å². The van der Waals surface area contributed by atoms with Gasteiger partial charge in [-0.1, -0.05) is 37.3 Å². The zero-order valence-corrected chi connectivity index (χ0v) is 12.7. The normalized spacial score (nSPS) is 12.5. The number of benzene rings is 2. The van der Waals surface area contributed by atoms with E-state index < -0.39 is 0 Å². The molecule has 0 aromatic heterocycles. The molecule has 2 aromatic carbocycles. The van der Waals surface area contributed by atoms with E-state index in [-0.39, 0.29) is 24.1 Å². The third kappa shape index (κ3) is 4.83. The second-order valence-electron chi connectivity index (χ2n) is 5.72. The summed E-state index contributed by atoms with van der Waals surface area (Å²) in [6.45, 7) is 3.84. The van der Waals surface area contributed by atoms with Crippen molar-refractivity contribution in [1.82, 2.24) is 4.90 Å². The fraction of sp³-hybridized carbons (Fsp3) is 0.333. The minimum atomic E-state index is -0.359. The summed E-state index contributed by atoms with van der Waals surface area (Å²) in [5.74, 6) is -0.154. The summed E-state index contributed by atoms with van der Waals surface area (Å²) >= 11 is 0. The highest BCUT2D eigenvalue weighted by molar-refractivity contribution is 5.32. The van der Waals surface area contributed by atoms with Crippen LogP contribution in [0.1, 0.15) is 18.1 Å². The van der Waals surface area contributed by atoms with Crippen molar-refractivity contribution in [2.75, 3.05) is 13.2 Å². The molecule has 3 nitrogen and oxygen atoms in total. The van der Waals surface area contributed by atoms with E-state index in [9.17, 15) is 14.6 Å². The van der Waals surface area contributed by atoms with E-state index in [1.54, 1.807) is 0 Å². The second-order valence-corrected chi connectivity index (χ2v) is 5.72. The Kier molecular flexibility index (Phi) is 5.92. The van der Waals surface area contributed by atoms with Crippen molar-refractivity contribution in [2.24, 2.45) is 5.92 Å². The van der Waals surface area contributed by atoms with Crippen LogP contribution in [-0.2, 0) is 13.1 Å². The van der Waals surface area contributed by atoms with E-state index in [0.717, 1.165) is 5.56 Å². The third-order valence-corrected chi connectivity index (χ3v) is 3.57. The van der Waals surface area contributed by atoms with Gasteiger partial charge in [0.2, 0.25) is 0 Å². The van der Waals surface area contributed by atoms with Gasteiger partial charge in [0.05, 0.1) is 0 Å². The number of aliphatic hydroxyl groups excluding tert-OH is 1. The number of phenolic OH excluding ortho intramolecular Hbond substituents is 1. The molecule has 0 unspecified atom stereocenters. The van der Waals surface area contributed by atoms with Gasteiger partial charge in [-0.25, -0.2) is 4.39 Å². The summed E-state index contributed by atoms with van der Waals surface area (Å²) < 4.78 is 13.4. The number of hydrogen-bond acceptors (Lipinski definition) is 3. The average Bonchev–Trinajstić information content (AvgIpc) is 2.51. The zero-order chi connectivity index (χ0) is 15.9. The molecule has 2 aromatic rings. The first kappa shape index (κ1) is 16.5. The number of aliphatic hydroxyl groups is 1. The van der Waals surface area contributed by atoms with Crippen molar-refractivity contribution in [1.29, 1.82) is 0 Å². The molecular weight excluding hydrogens is 281 g/mol. The van der Waals surface area contributed by atoms with Gasteiger partial charge in [-0.05, 0) is 29.7 Å². The lowest BCUT2D eigenvalue weighted by Gasteiger charge is -2.25. The molecular formula is C18H22FNO2. The maximum Gasteiger partial charge on any atom is 0.123 e. The van der Waals surface area contributed by atoms with Crippen molar-refractivity contribution in [3.8, 4) is 5.75 Å². The van der Waals surface area contributed by atoms with Crippen LogP contribution in [0.2, 0.25) is 0 Å². The zero-order valence-electron chi connectivity index (χ0n) is 12.7. The Bertz CT molecular complexity index is 589. The molecule has 0 fully saturated rings. The summed E-state index contributed by atoms with van der Waals surface area (Å²) in [5.41, 5.74) is 1.70. The van der Waals surface area contributed by atoms with Gasteiger partial charge in [0, 0.05) is 31.8 Å². The summed E-state index contributed by atoms with van der Waals surface area (Å²) in [6, 6.07) is 14.0. The van der Waals surface area contributed by atoms with E-state index in [1.165, 1.54) is 18.2 Å². The van der Waals surface area contributed by atoms with Crippen LogP contribution in [0.3, 0.4) is 0 Å². The van der Waals surface area contributed by atoms with Gasteiger partial charge in [0.1, 0.15) is 11.6 Å². The summed E-state index contributed by atoms with van der Waals surface area (Å²) in [6.07, 6.45) is 0. The van der Waals surface area contributed by atoms with E-state index in [4.69, 9.17) is 0 Å². The lowest BCUT2D eigenvalue weighted by molar-refractivity contribution is 0.162. The Labute approximate surface area is 130 Å². The SMILES string of the molecule is C[C@@H](CO)CN(Cc1ccccc1)Cc1cc(F)ccc1O. The highest BCUT2D eigenvalue weighted by Crippen LogP contribution is 2.21. The van der Waals surface area contributed by atoms with Crippen LogP contribution in [0.15, 0.2) is 48.5 Å². The van der Waals surface area contributed by atoms with Crippen LogP contribution in [0.25, 0.3) is 0 Å². The van der Waals surface area contributed by atoms with E-state index in [0.29, 0.717) is 25.2 Å². The fourth-order valence-corrected chi connectivity index (χ4v) is 2.45. The third-order valence-electron chi connectivity index (χ3n) is 3.57. The molecule has 0 aliphatic heterocycles. The smallest absolute Gasteiger partial charge is 0.123 e. The van der Waals surface area contributed by atoms with Crippen molar-refractivity contribution in [3.63, 3.8) is 0 Å². The summed E-state index contributed by atoms with van der Waals surface area (Å²) in [4.78, 5) is 2.10. The van der Waals surface area contributed by atoms with Gasteiger partial charge in [-0.3, -0.25) is 4.90 Å². The second kappa shape index (κ2) is 7.92. The number of nitrogens with zero attached hydrogens (tertiary/aromatic N) is 1. The van der Waals surface area contributed by atoms with Crippen molar-refractivity contribution >= 4 is 0 Å². The van der Waals surface area contributed by atoms with Crippen LogP contribution in [0.5, 0.6) is 5.75 Å². The van der Waals surface area contributed by atoms with Gasteiger partial charge < -0.3 is 10.2 Å². The lowest BCUT2D eigenvalue weighted by Crippen LogP contribution is -2.29. The van der Waals surface area contributed by atoms with Crippen LogP contribution in [0, 0.1) is 11.7 Å². The lowest BCUT2D eigenvalue weighted by atomic mass is 10.1. The van der Waals surface area contributed by atoms with Gasteiger partial charge in [-0.2, -0.15) is 0 Å². The Morgan fingerprint density at radius 2 is 1.82 bits per heavy atom. The number of aromatic hydroxyl groups is 1. The Balaban J connectivity index is 2.15. The van der Waals surface area contributed by atoms with Crippen LogP contribution >= 0.6 is 0 Å². The molecule has 0 heterocycles. The van der Waals surface area contributed by atoms with Crippen LogP contribution < -0.4 is 0 Å². The Morgan fingerprint density at radius 1 is 1.09 bits per heavy atom. The van der Waals surface area contributed by atoms with Crippen molar-refractivity contribution < 1.29 is 14.6 Å². The highest BCUT2D eigenvalue weighted by atomic mass is 19.1. The molecule has 1 atom stereocenters. The molecule has 0 aliphatic carbocycles. The molecule has 0 spiro atoms. The maximum absolute atomic E-state index is 13.4. The van der Waals surface area contributed by atoms with Crippen molar-refractivity contribution in [3.05, 3.63) is 65.5 Å². The standard InChI is InChI=1S/C18H22FNO2/c1-14(13-21)10-20(11-15-5-3-2-4-6-15)12-16-9-17(19)7-8-18(16)22/h2-9,14,21-22H,10-13H2,1H3/t14-/m1/s1. The van der Waals surface area contributed by atoms with E-state index in [2.05, 4.69) is 4.90 Å². The van der Waals surface area contributed by atoms with Gasteiger partial charge in [0.25, 0.3) is 0 Å². The first-order valence-electron chi connectivity index (χ1n) is 7.43. The Hall–Kier alpha value is -1.91. The molecule has 4 heteroatoms. The topological polar surface area (TPSA) is 43.7 Å². The first-order chi connectivity index (χ1) is 10.6. The predicted octanol–water partition coefficient (Wildman–Crippen LogP) is 3.16. The van der Waals surface area contributed by atoms with Gasteiger partial charge in [-0.15, -0.1) is 0 Å². The van der Waals surface area contributed by atoms with Crippen molar-refractivity contribution in [2.45, 2.75) is 20.0 Å². The molecule has 0 aliphatic rings. The van der Waals surface area contributed by atoms with E-state index >= 15 is 0 Å². The molecule has 2 rings (SSSR count). The summed E-state index contributed by atoms with van der Waals surface area (Å²) in [7, 11) is 0. The van der Waals surface area contributed by atoms with E-state index in [1.807, 2.05) is 37.3 Å². The fourth-order valence-electron chi connectivity index (χ4n) is 2.45. The predicted molar refractivity (Wildman–Crippen MR) is 84.9 cm³/mol. The molecule has 0 bridgehead atoms. The largest absolute Gasteiger partial charge is 0.508 e. The minimum Gasteiger partial charge on any atom is -0.508 e. The quantitative estimate of drug-likeness (QED) is 0.826. The molecule has 0 radical (unpaired) electrons. The molecule has 0 amide bonds. The van der Waals surface area contributed by atoms with Gasteiger partial charge in [0.15, 0.2) is 0 Å². The molecule has 22 heavy (non-hydrogen) atoms. The molecule has 0 saturated carbocycles.